The van der Waals surface area contributed by atoms with Gasteiger partial charge in [-0.15, -0.1) is 0 Å². The summed E-state index contributed by atoms with van der Waals surface area (Å²) in [6.45, 7) is 3.13. The van der Waals surface area contributed by atoms with Crippen molar-refractivity contribution in [2.75, 3.05) is 5.32 Å². The number of carboxylic acid groups (broad SMARTS) is 1. The van der Waals surface area contributed by atoms with E-state index in [1.807, 2.05) is 6.07 Å². The lowest BCUT2D eigenvalue weighted by molar-refractivity contribution is -0.145. The van der Waals surface area contributed by atoms with E-state index in [4.69, 9.17) is 5.11 Å². The van der Waals surface area contributed by atoms with E-state index in [9.17, 15) is 9.59 Å². The first-order valence-electron chi connectivity index (χ1n) is 5.11. The second kappa shape index (κ2) is 5.30. The maximum atomic E-state index is 11.7. The predicted octanol–water partition coefficient (Wildman–Crippen LogP) is 1.98. The lowest BCUT2D eigenvalue weighted by Gasteiger charge is -2.15. The van der Waals surface area contributed by atoms with Gasteiger partial charge in [-0.2, -0.15) is 0 Å². The fourth-order valence-corrected chi connectivity index (χ4v) is 1.22. The molecule has 86 valence electrons. The first-order chi connectivity index (χ1) is 7.52. The van der Waals surface area contributed by atoms with Crippen LogP contribution in [-0.2, 0) is 9.59 Å². The van der Waals surface area contributed by atoms with Crippen LogP contribution < -0.4 is 5.32 Å². The highest BCUT2D eigenvalue weighted by Gasteiger charge is 2.25. The van der Waals surface area contributed by atoms with E-state index in [1.165, 1.54) is 6.92 Å². The Morgan fingerprint density at radius 2 is 1.69 bits per heavy atom. The van der Waals surface area contributed by atoms with Gasteiger partial charge in [0.1, 0.15) is 0 Å². The zero-order chi connectivity index (χ0) is 12.1. The lowest BCUT2D eigenvalue weighted by Crippen LogP contribution is -2.29. The van der Waals surface area contributed by atoms with E-state index < -0.39 is 17.8 Å². The van der Waals surface area contributed by atoms with Crippen LogP contribution in [0.15, 0.2) is 30.3 Å². The van der Waals surface area contributed by atoms with Gasteiger partial charge < -0.3 is 10.4 Å². The Hall–Kier alpha value is -1.84. The van der Waals surface area contributed by atoms with Crippen molar-refractivity contribution >= 4 is 17.6 Å². The molecule has 0 fully saturated rings. The Morgan fingerprint density at radius 3 is 2.19 bits per heavy atom. The molecule has 2 N–H and O–H groups in total. The molecule has 0 aromatic heterocycles. The lowest BCUT2D eigenvalue weighted by atomic mass is 9.95. The van der Waals surface area contributed by atoms with Gasteiger partial charge >= 0.3 is 5.97 Å². The second-order valence-corrected chi connectivity index (χ2v) is 3.77. The van der Waals surface area contributed by atoms with Crippen LogP contribution in [0.1, 0.15) is 13.8 Å². The van der Waals surface area contributed by atoms with Crippen LogP contribution in [0.3, 0.4) is 0 Å². The standard InChI is InChI=1S/C12H15NO3/c1-8(9(2)12(15)16)11(14)13-10-6-4-3-5-7-10/h3-9H,1-2H3,(H,13,14)(H,15,16)/t8-,9+/m0/s1. The number of nitrogens with one attached hydrogen (secondary N) is 1. The molecule has 0 spiro atoms. The largest absolute Gasteiger partial charge is 0.481 e. The smallest absolute Gasteiger partial charge is 0.307 e. The van der Waals surface area contributed by atoms with Crippen molar-refractivity contribution in [3.05, 3.63) is 30.3 Å². The summed E-state index contributed by atoms with van der Waals surface area (Å²) in [5.41, 5.74) is 0.678. The van der Waals surface area contributed by atoms with Crippen molar-refractivity contribution in [3.8, 4) is 0 Å². The van der Waals surface area contributed by atoms with Gasteiger partial charge in [0, 0.05) is 11.6 Å². The van der Waals surface area contributed by atoms with Crippen LogP contribution in [0.25, 0.3) is 0 Å². The van der Waals surface area contributed by atoms with Gasteiger partial charge in [0.05, 0.1) is 5.92 Å². The van der Waals surface area contributed by atoms with Crippen molar-refractivity contribution < 1.29 is 14.7 Å². The van der Waals surface area contributed by atoms with Crippen LogP contribution >= 0.6 is 0 Å². The molecular weight excluding hydrogens is 206 g/mol. The zero-order valence-corrected chi connectivity index (χ0v) is 9.31. The molecule has 0 aliphatic rings. The zero-order valence-electron chi connectivity index (χ0n) is 9.31. The summed E-state index contributed by atoms with van der Waals surface area (Å²) in [6, 6.07) is 8.98. The summed E-state index contributed by atoms with van der Waals surface area (Å²) in [7, 11) is 0. The average molecular weight is 221 g/mol. The molecule has 0 aliphatic heterocycles. The summed E-state index contributed by atoms with van der Waals surface area (Å²) in [4.78, 5) is 22.4. The molecule has 2 atom stereocenters. The Morgan fingerprint density at radius 1 is 1.12 bits per heavy atom. The van der Waals surface area contributed by atoms with E-state index in [-0.39, 0.29) is 5.91 Å². The molecule has 4 heteroatoms. The fraction of sp³-hybridized carbons (Fsp3) is 0.333. The molecule has 0 aliphatic carbocycles. The normalized spacial score (nSPS) is 13.9. The van der Waals surface area contributed by atoms with E-state index in [1.54, 1.807) is 31.2 Å². The van der Waals surface area contributed by atoms with Gasteiger partial charge in [0.2, 0.25) is 5.91 Å². The number of hydrogen-bond acceptors (Lipinski definition) is 2. The summed E-state index contributed by atoms with van der Waals surface area (Å²) in [6.07, 6.45) is 0. The van der Waals surface area contributed by atoms with Gasteiger partial charge in [-0.25, -0.2) is 0 Å². The van der Waals surface area contributed by atoms with Crippen LogP contribution in [0, 0.1) is 11.8 Å². The topological polar surface area (TPSA) is 66.4 Å². The van der Waals surface area contributed by atoms with Crippen LogP contribution in [-0.4, -0.2) is 17.0 Å². The highest BCUT2D eigenvalue weighted by molar-refractivity contribution is 5.94. The summed E-state index contributed by atoms with van der Waals surface area (Å²) in [5.74, 6) is -2.49. The van der Waals surface area contributed by atoms with Gasteiger partial charge in [0.25, 0.3) is 0 Å². The predicted molar refractivity (Wildman–Crippen MR) is 61.0 cm³/mol. The quantitative estimate of drug-likeness (QED) is 0.817. The number of amides is 1. The third-order valence-electron chi connectivity index (χ3n) is 2.59. The van der Waals surface area contributed by atoms with Gasteiger partial charge in [-0.05, 0) is 12.1 Å². The second-order valence-electron chi connectivity index (χ2n) is 3.77. The SMILES string of the molecule is C[C@H](C(=O)Nc1ccccc1)[C@@H](C)C(=O)O. The number of para-hydroxylation sites is 1. The van der Waals surface area contributed by atoms with Gasteiger partial charge in [0.15, 0.2) is 0 Å². The van der Waals surface area contributed by atoms with Crippen LogP contribution in [0.4, 0.5) is 5.69 Å². The maximum absolute atomic E-state index is 11.7. The van der Waals surface area contributed by atoms with E-state index in [2.05, 4.69) is 5.32 Å². The minimum atomic E-state index is -0.962. The highest BCUT2D eigenvalue weighted by atomic mass is 16.4. The maximum Gasteiger partial charge on any atom is 0.307 e. The molecule has 1 aromatic rings. The van der Waals surface area contributed by atoms with Crippen molar-refractivity contribution in [1.82, 2.24) is 0 Å². The molecule has 0 saturated heterocycles. The number of hydrogen-bond donors (Lipinski definition) is 2. The molecule has 0 saturated carbocycles. The van der Waals surface area contributed by atoms with Crippen molar-refractivity contribution in [2.24, 2.45) is 11.8 Å². The number of carbonyl (C=O) groups excluding carboxylic acids is 1. The molecule has 1 amide bonds. The number of rotatable bonds is 4. The Balaban J connectivity index is 2.63. The molecule has 16 heavy (non-hydrogen) atoms. The molecule has 1 rings (SSSR count). The van der Waals surface area contributed by atoms with Crippen LogP contribution in [0.5, 0.6) is 0 Å². The van der Waals surface area contributed by atoms with Crippen molar-refractivity contribution in [1.29, 1.82) is 0 Å². The van der Waals surface area contributed by atoms with Gasteiger partial charge in [-0.3, -0.25) is 9.59 Å². The Kier molecular flexibility index (Phi) is 4.05. The minimum Gasteiger partial charge on any atom is -0.481 e. The first-order valence-corrected chi connectivity index (χ1v) is 5.11. The Labute approximate surface area is 94.3 Å². The van der Waals surface area contributed by atoms with Gasteiger partial charge in [-0.1, -0.05) is 32.0 Å². The van der Waals surface area contributed by atoms with E-state index >= 15 is 0 Å². The van der Waals surface area contributed by atoms with Crippen molar-refractivity contribution in [2.45, 2.75) is 13.8 Å². The third-order valence-corrected chi connectivity index (χ3v) is 2.59. The first kappa shape index (κ1) is 12.2. The average Bonchev–Trinajstić information content (AvgIpc) is 2.28. The molecule has 1 aromatic carbocycles. The molecule has 4 nitrogen and oxygen atoms in total. The fourth-order valence-electron chi connectivity index (χ4n) is 1.22. The molecule has 0 unspecified atom stereocenters. The number of aliphatic carboxylic acids is 1. The van der Waals surface area contributed by atoms with Crippen LogP contribution in [0.2, 0.25) is 0 Å². The van der Waals surface area contributed by atoms with E-state index in [0.29, 0.717) is 5.69 Å². The minimum absolute atomic E-state index is 0.277. The molecular formula is C12H15NO3. The molecule has 0 radical (unpaired) electrons. The number of anilines is 1. The summed E-state index contributed by atoms with van der Waals surface area (Å²) in [5, 5.41) is 11.5. The molecule has 0 bridgehead atoms. The molecule has 0 heterocycles. The van der Waals surface area contributed by atoms with Crippen molar-refractivity contribution in [3.63, 3.8) is 0 Å². The Bertz CT molecular complexity index is 375. The number of benzene rings is 1. The van der Waals surface area contributed by atoms with E-state index in [0.717, 1.165) is 0 Å². The summed E-state index contributed by atoms with van der Waals surface area (Å²) < 4.78 is 0. The summed E-state index contributed by atoms with van der Waals surface area (Å²) >= 11 is 0. The monoisotopic (exact) mass is 221 g/mol. The highest BCUT2D eigenvalue weighted by Crippen LogP contribution is 2.14. The number of carboxylic acids is 1. The third kappa shape index (κ3) is 3.08. The number of carbonyl (C=O) groups is 2.